The molecule has 15 heavy (non-hydrogen) atoms. The summed E-state index contributed by atoms with van der Waals surface area (Å²) in [6.07, 6.45) is 1.57. The first-order valence-electron chi connectivity index (χ1n) is 4.95. The minimum absolute atomic E-state index is 0.0723. The van der Waals surface area contributed by atoms with Crippen LogP contribution in [-0.2, 0) is 5.72 Å². The maximum Gasteiger partial charge on any atom is 0.275 e. The monoisotopic (exact) mass is 206 g/mol. The maximum atomic E-state index is 11.8. The summed E-state index contributed by atoms with van der Waals surface area (Å²) in [7, 11) is 1.60. The quantitative estimate of drug-likeness (QED) is 0.744. The number of aromatic nitrogens is 1. The molecule has 2 heterocycles. The molecule has 0 radical (unpaired) electrons. The highest BCUT2D eigenvalue weighted by molar-refractivity contribution is 5.97. The number of aliphatic hydroxyl groups is 1. The summed E-state index contributed by atoms with van der Waals surface area (Å²) in [5, 5.41) is 10.5. The lowest BCUT2D eigenvalue weighted by molar-refractivity contribution is -0.108. The molecule has 80 valence electrons. The third-order valence-corrected chi connectivity index (χ3v) is 3.03. The van der Waals surface area contributed by atoms with Crippen LogP contribution in [0.4, 0.5) is 0 Å². The smallest absolute Gasteiger partial charge is 0.275 e. The fraction of sp³-hybridized carbons (Fsp3) is 0.455. The van der Waals surface area contributed by atoms with Gasteiger partial charge in [-0.15, -0.1) is 0 Å². The van der Waals surface area contributed by atoms with Gasteiger partial charge in [0, 0.05) is 24.7 Å². The van der Waals surface area contributed by atoms with Gasteiger partial charge in [-0.25, -0.2) is 0 Å². The summed E-state index contributed by atoms with van der Waals surface area (Å²) in [5.74, 6) is -0.293. The lowest BCUT2D eigenvalue weighted by Gasteiger charge is -2.34. The number of nitrogens with zero attached hydrogens (tertiary/aromatic N) is 2. The van der Waals surface area contributed by atoms with E-state index in [1.165, 1.54) is 4.90 Å². The van der Waals surface area contributed by atoms with Crippen LogP contribution in [0.2, 0.25) is 0 Å². The first-order valence-corrected chi connectivity index (χ1v) is 4.95. The number of pyridine rings is 1. The van der Waals surface area contributed by atoms with Crippen LogP contribution >= 0.6 is 0 Å². The fourth-order valence-electron chi connectivity index (χ4n) is 2.07. The standard InChI is InChI=1S/C11H14N2O2/c1-7(2)11(15)8-5-4-6-12-9(8)10(14)13(11)3/h4-7,15H,1-3H3. The van der Waals surface area contributed by atoms with E-state index in [0.717, 1.165) is 0 Å². The largest absolute Gasteiger partial charge is 0.366 e. The predicted molar refractivity (Wildman–Crippen MR) is 55.1 cm³/mol. The number of amides is 1. The number of hydrogen-bond acceptors (Lipinski definition) is 3. The normalized spacial score (nSPS) is 24.9. The molecular formula is C11H14N2O2. The summed E-state index contributed by atoms with van der Waals surface area (Å²) in [6.45, 7) is 3.76. The van der Waals surface area contributed by atoms with Crippen molar-refractivity contribution in [3.8, 4) is 0 Å². The predicted octanol–water partition coefficient (Wildman–Crippen LogP) is 0.968. The van der Waals surface area contributed by atoms with E-state index < -0.39 is 5.72 Å². The molecule has 1 atom stereocenters. The lowest BCUT2D eigenvalue weighted by atomic mass is 9.93. The Kier molecular flexibility index (Phi) is 2.04. The zero-order chi connectivity index (χ0) is 11.2. The lowest BCUT2D eigenvalue weighted by Crippen LogP contribution is -2.45. The Hall–Kier alpha value is -1.42. The average molecular weight is 206 g/mol. The molecular weight excluding hydrogens is 192 g/mol. The third kappa shape index (κ3) is 1.11. The van der Waals surface area contributed by atoms with Gasteiger partial charge in [0.1, 0.15) is 5.69 Å². The Morgan fingerprint density at radius 2 is 2.20 bits per heavy atom. The number of hydrogen-bond donors (Lipinski definition) is 1. The molecule has 1 unspecified atom stereocenters. The molecule has 1 aromatic heterocycles. The molecule has 0 saturated carbocycles. The van der Waals surface area contributed by atoms with E-state index in [1.807, 2.05) is 13.8 Å². The zero-order valence-corrected chi connectivity index (χ0v) is 9.06. The summed E-state index contributed by atoms with van der Waals surface area (Å²) in [5.41, 5.74) is -0.260. The molecule has 1 aromatic rings. The molecule has 1 aliphatic heterocycles. The van der Waals surface area contributed by atoms with Gasteiger partial charge in [-0.3, -0.25) is 9.78 Å². The summed E-state index contributed by atoms with van der Waals surface area (Å²) >= 11 is 0. The maximum absolute atomic E-state index is 11.8. The van der Waals surface area contributed by atoms with Crippen molar-refractivity contribution in [1.82, 2.24) is 9.88 Å². The molecule has 0 saturated heterocycles. The van der Waals surface area contributed by atoms with Crippen molar-refractivity contribution in [1.29, 1.82) is 0 Å². The van der Waals surface area contributed by atoms with Crippen molar-refractivity contribution in [2.45, 2.75) is 19.6 Å². The summed E-state index contributed by atoms with van der Waals surface area (Å²) < 4.78 is 0. The molecule has 1 N–H and O–H groups in total. The van der Waals surface area contributed by atoms with Crippen molar-refractivity contribution in [3.63, 3.8) is 0 Å². The topological polar surface area (TPSA) is 53.4 Å². The molecule has 1 aliphatic rings. The summed E-state index contributed by atoms with van der Waals surface area (Å²) in [6, 6.07) is 3.49. The SMILES string of the molecule is CC(C)C1(O)c2cccnc2C(=O)N1C. The Bertz CT molecular complexity index is 417. The molecule has 1 amide bonds. The van der Waals surface area contributed by atoms with Crippen LogP contribution in [0.5, 0.6) is 0 Å². The van der Waals surface area contributed by atoms with Crippen molar-refractivity contribution >= 4 is 5.91 Å². The highest BCUT2D eigenvalue weighted by atomic mass is 16.3. The van der Waals surface area contributed by atoms with E-state index in [2.05, 4.69) is 4.98 Å². The van der Waals surface area contributed by atoms with Gasteiger partial charge < -0.3 is 10.0 Å². The molecule has 4 nitrogen and oxygen atoms in total. The summed E-state index contributed by atoms with van der Waals surface area (Å²) in [4.78, 5) is 17.2. The highest BCUT2D eigenvalue weighted by Crippen LogP contribution is 2.39. The van der Waals surface area contributed by atoms with Crippen LogP contribution in [0.1, 0.15) is 29.9 Å². The van der Waals surface area contributed by atoms with Gasteiger partial charge in [-0.1, -0.05) is 19.9 Å². The van der Waals surface area contributed by atoms with Crippen LogP contribution in [0.25, 0.3) is 0 Å². The van der Waals surface area contributed by atoms with Crippen molar-refractivity contribution in [3.05, 3.63) is 29.6 Å². The minimum atomic E-state index is -1.22. The van der Waals surface area contributed by atoms with E-state index in [1.54, 1.807) is 25.4 Å². The van der Waals surface area contributed by atoms with Crippen LogP contribution in [0.15, 0.2) is 18.3 Å². The van der Waals surface area contributed by atoms with Crippen LogP contribution < -0.4 is 0 Å². The van der Waals surface area contributed by atoms with Gasteiger partial charge in [0.25, 0.3) is 5.91 Å². The van der Waals surface area contributed by atoms with Crippen LogP contribution in [0, 0.1) is 5.92 Å². The second-order valence-corrected chi connectivity index (χ2v) is 4.14. The first kappa shape index (κ1) is 10.1. The number of fused-ring (bicyclic) bond motifs is 1. The van der Waals surface area contributed by atoms with Gasteiger partial charge in [-0.05, 0) is 6.07 Å². The molecule has 2 rings (SSSR count). The van der Waals surface area contributed by atoms with Gasteiger partial charge >= 0.3 is 0 Å². The molecule has 0 aromatic carbocycles. The number of rotatable bonds is 1. The van der Waals surface area contributed by atoms with Gasteiger partial charge in [0.2, 0.25) is 0 Å². The van der Waals surface area contributed by atoms with Crippen molar-refractivity contribution in [2.24, 2.45) is 5.92 Å². The molecule has 0 fully saturated rings. The number of carbonyl (C=O) groups is 1. The number of carbonyl (C=O) groups excluding carboxylic acids is 1. The van der Waals surface area contributed by atoms with E-state index in [-0.39, 0.29) is 11.8 Å². The second-order valence-electron chi connectivity index (χ2n) is 4.14. The van der Waals surface area contributed by atoms with Crippen molar-refractivity contribution < 1.29 is 9.90 Å². The van der Waals surface area contributed by atoms with Gasteiger partial charge in [-0.2, -0.15) is 0 Å². The van der Waals surface area contributed by atoms with E-state index in [0.29, 0.717) is 11.3 Å². The minimum Gasteiger partial charge on any atom is -0.366 e. The van der Waals surface area contributed by atoms with E-state index in [9.17, 15) is 9.90 Å². The van der Waals surface area contributed by atoms with E-state index >= 15 is 0 Å². The Morgan fingerprint density at radius 3 is 2.80 bits per heavy atom. The molecule has 0 bridgehead atoms. The Labute approximate surface area is 88.6 Å². The van der Waals surface area contributed by atoms with Crippen molar-refractivity contribution in [2.75, 3.05) is 7.05 Å². The first-order chi connectivity index (χ1) is 6.99. The third-order valence-electron chi connectivity index (χ3n) is 3.03. The highest BCUT2D eigenvalue weighted by Gasteiger charge is 2.49. The van der Waals surface area contributed by atoms with Gasteiger partial charge in [0.05, 0.1) is 0 Å². The fourth-order valence-corrected chi connectivity index (χ4v) is 2.07. The Balaban J connectivity index is 2.66. The van der Waals surface area contributed by atoms with E-state index in [4.69, 9.17) is 0 Å². The van der Waals surface area contributed by atoms with Crippen LogP contribution in [0.3, 0.4) is 0 Å². The Morgan fingerprint density at radius 1 is 1.53 bits per heavy atom. The average Bonchev–Trinajstić information content (AvgIpc) is 2.43. The molecule has 4 heteroatoms. The molecule has 0 spiro atoms. The van der Waals surface area contributed by atoms with Crippen LogP contribution in [-0.4, -0.2) is 27.9 Å². The van der Waals surface area contributed by atoms with Gasteiger partial charge in [0.15, 0.2) is 5.72 Å². The zero-order valence-electron chi connectivity index (χ0n) is 9.06. The molecule has 0 aliphatic carbocycles. The second kappa shape index (κ2) is 3.03.